The van der Waals surface area contributed by atoms with Crippen molar-refractivity contribution in [3.05, 3.63) is 29.8 Å². The molecule has 2 heterocycles. The number of nitrogens with zero attached hydrogens (tertiary/aromatic N) is 1. The largest absolute Gasteiger partial charge is 0.466 e. The molecule has 1 unspecified atom stereocenters. The lowest BCUT2D eigenvalue weighted by Crippen LogP contribution is -2.62. The van der Waals surface area contributed by atoms with Crippen molar-refractivity contribution in [2.75, 3.05) is 24.6 Å². The second-order valence-corrected chi connectivity index (χ2v) is 8.23. The number of benzene rings is 1. The van der Waals surface area contributed by atoms with Gasteiger partial charge in [-0.05, 0) is 49.8 Å². The number of esters is 1. The number of amides is 2. The molecule has 6 heteroatoms. The molecule has 0 aromatic heterocycles. The van der Waals surface area contributed by atoms with Crippen LogP contribution in [0.25, 0.3) is 0 Å². The summed E-state index contributed by atoms with van der Waals surface area (Å²) in [7, 11) is 0. The van der Waals surface area contributed by atoms with E-state index < -0.39 is 0 Å². The molecule has 0 bridgehead atoms. The summed E-state index contributed by atoms with van der Waals surface area (Å²) >= 11 is 0. The minimum absolute atomic E-state index is 0.0717. The molecule has 158 valence electrons. The highest BCUT2D eigenvalue weighted by atomic mass is 16.5. The summed E-state index contributed by atoms with van der Waals surface area (Å²) in [5.74, 6) is -0.196. The van der Waals surface area contributed by atoms with Crippen LogP contribution in [0, 0.1) is 11.3 Å². The van der Waals surface area contributed by atoms with Crippen molar-refractivity contribution in [2.24, 2.45) is 11.3 Å². The van der Waals surface area contributed by atoms with Gasteiger partial charge in [-0.3, -0.25) is 19.7 Å². The predicted molar refractivity (Wildman–Crippen MR) is 112 cm³/mol. The van der Waals surface area contributed by atoms with E-state index in [0.717, 1.165) is 31.5 Å². The van der Waals surface area contributed by atoms with Gasteiger partial charge in [-0.25, -0.2) is 0 Å². The summed E-state index contributed by atoms with van der Waals surface area (Å²) in [6.45, 7) is 8.36. The summed E-state index contributed by atoms with van der Waals surface area (Å²) in [6, 6.07) is 8.15. The number of anilines is 1. The first-order valence-corrected chi connectivity index (χ1v) is 10.8. The monoisotopic (exact) mass is 400 g/mol. The molecular formula is C23H32N2O4. The van der Waals surface area contributed by atoms with Gasteiger partial charge in [-0.15, -0.1) is 0 Å². The van der Waals surface area contributed by atoms with Gasteiger partial charge in [0.25, 0.3) is 0 Å². The molecule has 0 radical (unpaired) electrons. The Labute approximate surface area is 173 Å². The fourth-order valence-corrected chi connectivity index (χ4v) is 4.90. The smallest absolute Gasteiger partial charge is 0.306 e. The third-order valence-electron chi connectivity index (χ3n) is 6.16. The highest BCUT2D eigenvalue weighted by molar-refractivity contribution is 6.00. The van der Waals surface area contributed by atoms with Crippen molar-refractivity contribution in [3.63, 3.8) is 0 Å². The maximum Gasteiger partial charge on any atom is 0.306 e. The average molecular weight is 401 g/mol. The number of carbonyl (C=O) groups excluding carboxylic acids is 3. The van der Waals surface area contributed by atoms with E-state index in [1.54, 1.807) is 0 Å². The first kappa shape index (κ1) is 21.3. The van der Waals surface area contributed by atoms with E-state index in [2.05, 4.69) is 22.3 Å². The molecule has 1 saturated carbocycles. The zero-order chi connectivity index (χ0) is 21.0. The molecule has 2 amide bonds. The quantitative estimate of drug-likeness (QED) is 0.606. The molecule has 1 atom stereocenters. The molecule has 29 heavy (non-hydrogen) atoms. The van der Waals surface area contributed by atoms with Crippen LogP contribution in [0.3, 0.4) is 0 Å². The van der Waals surface area contributed by atoms with Crippen molar-refractivity contribution < 1.29 is 19.1 Å². The highest BCUT2D eigenvalue weighted by Crippen LogP contribution is 2.54. The lowest BCUT2D eigenvalue weighted by atomic mass is 9.57. The number of imide groups is 1. The van der Waals surface area contributed by atoms with Crippen molar-refractivity contribution >= 4 is 23.5 Å². The van der Waals surface area contributed by atoms with Crippen LogP contribution in [0.15, 0.2) is 24.3 Å². The van der Waals surface area contributed by atoms with Crippen LogP contribution in [-0.4, -0.2) is 37.5 Å². The van der Waals surface area contributed by atoms with E-state index in [1.165, 1.54) is 5.69 Å². The second-order valence-electron chi connectivity index (χ2n) is 8.23. The molecule has 1 aromatic carbocycles. The van der Waals surface area contributed by atoms with E-state index in [9.17, 15) is 14.4 Å². The van der Waals surface area contributed by atoms with Gasteiger partial charge in [0.2, 0.25) is 11.8 Å². The van der Waals surface area contributed by atoms with Gasteiger partial charge >= 0.3 is 5.97 Å². The Bertz CT molecular complexity index is 745. The summed E-state index contributed by atoms with van der Waals surface area (Å²) in [6.07, 6.45) is 3.75. The lowest BCUT2D eigenvalue weighted by molar-refractivity contribution is -0.146. The van der Waals surface area contributed by atoms with Gasteiger partial charge in [-0.2, -0.15) is 0 Å². The van der Waals surface area contributed by atoms with Crippen LogP contribution >= 0.6 is 0 Å². The zero-order valence-electron chi connectivity index (χ0n) is 17.7. The van der Waals surface area contributed by atoms with Crippen molar-refractivity contribution in [1.82, 2.24) is 5.32 Å². The van der Waals surface area contributed by atoms with Crippen LogP contribution in [0.1, 0.15) is 64.4 Å². The van der Waals surface area contributed by atoms with E-state index >= 15 is 0 Å². The molecule has 1 aromatic rings. The Balaban J connectivity index is 0.00000117. The molecule has 1 aliphatic carbocycles. The summed E-state index contributed by atoms with van der Waals surface area (Å²) < 4.78 is 5.04. The maximum absolute atomic E-state index is 12.0. The van der Waals surface area contributed by atoms with Crippen LogP contribution in [0.2, 0.25) is 0 Å². The minimum Gasteiger partial charge on any atom is -0.466 e. The van der Waals surface area contributed by atoms with E-state index in [0.29, 0.717) is 37.2 Å². The van der Waals surface area contributed by atoms with Gasteiger partial charge in [0.05, 0.1) is 12.5 Å². The van der Waals surface area contributed by atoms with E-state index in [-0.39, 0.29) is 23.7 Å². The number of nitrogens with one attached hydrogen (secondary N) is 1. The molecule has 3 fully saturated rings. The van der Waals surface area contributed by atoms with Gasteiger partial charge in [0.1, 0.15) is 0 Å². The number of ether oxygens (including phenoxy) is 1. The Morgan fingerprint density at radius 3 is 2.41 bits per heavy atom. The number of piperidine rings is 1. The number of carbonyl (C=O) groups is 3. The number of hydrogen-bond donors (Lipinski definition) is 1. The van der Waals surface area contributed by atoms with E-state index in [4.69, 9.17) is 4.74 Å². The van der Waals surface area contributed by atoms with Crippen LogP contribution in [0.4, 0.5) is 5.69 Å². The Kier molecular flexibility index (Phi) is 6.60. The van der Waals surface area contributed by atoms with Crippen molar-refractivity contribution in [3.8, 4) is 0 Å². The molecule has 2 saturated heterocycles. The number of hydrogen-bond acceptors (Lipinski definition) is 5. The molecule has 1 spiro atoms. The Hall–Kier alpha value is -2.37. The first-order valence-electron chi connectivity index (χ1n) is 10.8. The summed E-state index contributed by atoms with van der Waals surface area (Å²) in [5, 5.41) is 2.42. The average Bonchev–Trinajstić information content (AvgIpc) is 2.65. The van der Waals surface area contributed by atoms with E-state index in [1.807, 2.05) is 32.9 Å². The van der Waals surface area contributed by atoms with Crippen LogP contribution in [-0.2, 0) is 19.1 Å². The van der Waals surface area contributed by atoms with Gasteiger partial charge in [0, 0.05) is 37.0 Å². The summed E-state index contributed by atoms with van der Waals surface area (Å²) in [5.41, 5.74) is 2.52. The normalized spacial score (nSPS) is 22.7. The maximum atomic E-state index is 12.0. The second kappa shape index (κ2) is 8.97. The lowest BCUT2D eigenvalue weighted by Gasteiger charge is -2.60. The molecule has 6 nitrogen and oxygen atoms in total. The highest BCUT2D eigenvalue weighted by Gasteiger charge is 2.52. The van der Waals surface area contributed by atoms with Gasteiger partial charge in [0.15, 0.2) is 0 Å². The Morgan fingerprint density at radius 2 is 1.83 bits per heavy atom. The SMILES string of the molecule is CC.CCOC(=O)CC1CC2(C1)CN(c1ccc(C3CCC(=O)NC3=O)cc1)C2. The van der Waals surface area contributed by atoms with Gasteiger partial charge in [-0.1, -0.05) is 26.0 Å². The fraction of sp³-hybridized carbons (Fsp3) is 0.609. The molecule has 4 rings (SSSR count). The molecule has 3 aliphatic rings. The van der Waals surface area contributed by atoms with Gasteiger partial charge < -0.3 is 9.64 Å². The Morgan fingerprint density at radius 1 is 1.17 bits per heavy atom. The number of rotatable bonds is 5. The third kappa shape index (κ3) is 4.62. The zero-order valence-corrected chi connectivity index (χ0v) is 17.7. The standard InChI is InChI=1S/C21H26N2O4.C2H6/c1-2-27-19(25)9-14-10-21(11-14)12-23(13-21)16-5-3-15(4-6-16)17-7-8-18(24)22-20(17)26;1-2/h3-6,14,17H,2,7-13H2,1H3,(H,22,24,26);1-2H3. The predicted octanol–water partition coefficient (Wildman–Crippen LogP) is 3.40. The molecule has 2 aliphatic heterocycles. The minimum atomic E-state index is -0.227. The third-order valence-corrected chi connectivity index (χ3v) is 6.16. The van der Waals surface area contributed by atoms with Crippen LogP contribution < -0.4 is 10.2 Å². The molecular weight excluding hydrogens is 368 g/mol. The topological polar surface area (TPSA) is 75.7 Å². The first-order chi connectivity index (χ1) is 14.0. The van der Waals surface area contributed by atoms with Crippen LogP contribution in [0.5, 0.6) is 0 Å². The van der Waals surface area contributed by atoms with Crippen molar-refractivity contribution in [2.45, 2.75) is 58.8 Å². The summed E-state index contributed by atoms with van der Waals surface area (Å²) in [4.78, 5) is 37.2. The molecule has 1 N–H and O–H groups in total. The van der Waals surface area contributed by atoms with Crippen molar-refractivity contribution in [1.29, 1.82) is 0 Å². The fourth-order valence-electron chi connectivity index (χ4n) is 4.90.